The maximum atomic E-state index is 10.8. The van der Waals surface area contributed by atoms with E-state index in [9.17, 15) is 4.79 Å². The maximum Gasteiger partial charge on any atom is 0.334 e. The first-order valence-electron chi connectivity index (χ1n) is 4.91. The molecule has 2 aliphatic heterocycles. The van der Waals surface area contributed by atoms with Crippen LogP contribution in [0.1, 0.15) is 12.8 Å². The summed E-state index contributed by atoms with van der Waals surface area (Å²) in [5.74, 6) is -0.886. The van der Waals surface area contributed by atoms with Crippen molar-refractivity contribution >= 4 is 5.97 Å². The summed E-state index contributed by atoms with van der Waals surface area (Å²) < 4.78 is 10.9. The van der Waals surface area contributed by atoms with Gasteiger partial charge in [-0.1, -0.05) is 0 Å². The Hall–Kier alpha value is -0.650. The highest BCUT2D eigenvalue weighted by molar-refractivity contribution is 5.72. The molecule has 0 saturated carbocycles. The van der Waals surface area contributed by atoms with E-state index in [-0.39, 0.29) is 5.60 Å². The number of carboxylic acid groups (broad SMARTS) is 1. The largest absolute Gasteiger partial charge is 0.479 e. The first-order valence-corrected chi connectivity index (χ1v) is 4.91. The molecule has 2 rings (SSSR count). The van der Waals surface area contributed by atoms with Gasteiger partial charge in [0.2, 0.25) is 0 Å². The van der Waals surface area contributed by atoms with E-state index in [1.807, 2.05) is 0 Å². The Morgan fingerprint density at radius 2 is 2.14 bits per heavy atom. The molecule has 14 heavy (non-hydrogen) atoms. The molecule has 2 heterocycles. The average Bonchev–Trinajstić information content (AvgIpc) is 2.19. The van der Waals surface area contributed by atoms with E-state index >= 15 is 0 Å². The maximum absolute atomic E-state index is 10.8. The summed E-state index contributed by atoms with van der Waals surface area (Å²) in [4.78, 5) is 10.8. The van der Waals surface area contributed by atoms with E-state index in [2.05, 4.69) is 5.32 Å². The zero-order chi connectivity index (χ0) is 10.0. The van der Waals surface area contributed by atoms with Crippen LogP contribution in [0.2, 0.25) is 0 Å². The smallest absolute Gasteiger partial charge is 0.334 e. The zero-order valence-corrected chi connectivity index (χ0v) is 7.99. The molecule has 0 aromatic rings. The van der Waals surface area contributed by atoms with Gasteiger partial charge < -0.3 is 19.9 Å². The topological polar surface area (TPSA) is 67.8 Å². The molecule has 2 fully saturated rings. The Kier molecular flexibility index (Phi) is 2.71. The van der Waals surface area contributed by atoms with Crippen LogP contribution in [0.15, 0.2) is 0 Å². The van der Waals surface area contributed by atoms with Gasteiger partial charge in [0.15, 0.2) is 6.10 Å². The van der Waals surface area contributed by atoms with Crippen molar-refractivity contribution in [1.29, 1.82) is 0 Å². The SMILES string of the molecule is O=C(O)C1CNCC2(CCOCC2)O1. The fraction of sp³-hybridized carbons (Fsp3) is 0.889. The molecular formula is C9H15NO4. The van der Waals surface area contributed by atoms with Crippen LogP contribution in [-0.2, 0) is 14.3 Å². The standard InChI is InChI=1S/C9H15NO4/c11-8(12)7-5-10-6-9(14-7)1-3-13-4-2-9/h7,10H,1-6H2,(H,11,12). The molecule has 0 bridgehead atoms. The molecule has 2 N–H and O–H groups in total. The van der Waals surface area contributed by atoms with Crippen molar-refractivity contribution in [2.24, 2.45) is 0 Å². The van der Waals surface area contributed by atoms with Crippen molar-refractivity contribution in [2.75, 3.05) is 26.3 Å². The Morgan fingerprint density at radius 3 is 2.79 bits per heavy atom. The quantitative estimate of drug-likeness (QED) is 0.604. The molecule has 0 amide bonds. The Balaban J connectivity index is 2.01. The summed E-state index contributed by atoms with van der Waals surface area (Å²) in [5.41, 5.74) is -0.306. The predicted octanol–water partition coefficient (Wildman–Crippen LogP) is -0.391. The molecule has 2 saturated heterocycles. The number of hydrogen-bond donors (Lipinski definition) is 2. The lowest BCUT2D eigenvalue weighted by Gasteiger charge is -2.42. The van der Waals surface area contributed by atoms with Gasteiger partial charge in [-0.2, -0.15) is 0 Å². The highest BCUT2D eigenvalue weighted by atomic mass is 16.5. The molecule has 1 atom stereocenters. The molecule has 0 aromatic heterocycles. The normalized spacial score (nSPS) is 31.6. The van der Waals surface area contributed by atoms with E-state index in [0.717, 1.165) is 19.4 Å². The molecule has 5 heteroatoms. The zero-order valence-electron chi connectivity index (χ0n) is 7.99. The molecular weight excluding hydrogens is 186 g/mol. The Labute approximate surface area is 82.4 Å². The van der Waals surface area contributed by atoms with E-state index < -0.39 is 12.1 Å². The second-order valence-corrected chi connectivity index (χ2v) is 3.87. The Bertz CT molecular complexity index is 219. The fourth-order valence-electron chi connectivity index (χ4n) is 1.99. The second-order valence-electron chi connectivity index (χ2n) is 3.87. The average molecular weight is 201 g/mol. The summed E-state index contributed by atoms with van der Waals surface area (Å²) in [5, 5.41) is 12.0. The summed E-state index contributed by atoms with van der Waals surface area (Å²) in [7, 11) is 0. The van der Waals surface area contributed by atoms with Crippen molar-refractivity contribution in [1.82, 2.24) is 5.32 Å². The Morgan fingerprint density at radius 1 is 1.43 bits per heavy atom. The van der Waals surface area contributed by atoms with Gasteiger partial charge in [0.25, 0.3) is 0 Å². The highest BCUT2D eigenvalue weighted by Crippen LogP contribution is 2.28. The van der Waals surface area contributed by atoms with Crippen LogP contribution in [0.3, 0.4) is 0 Å². The minimum absolute atomic E-state index is 0.306. The lowest BCUT2D eigenvalue weighted by Crippen LogP contribution is -2.58. The first-order chi connectivity index (χ1) is 6.72. The number of carbonyl (C=O) groups is 1. The number of hydrogen-bond acceptors (Lipinski definition) is 4. The molecule has 1 unspecified atom stereocenters. The van der Waals surface area contributed by atoms with Crippen LogP contribution >= 0.6 is 0 Å². The fourth-order valence-corrected chi connectivity index (χ4v) is 1.99. The van der Waals surface area contributed by atoms with Gasteiger partial charge in [0, 0.05) is 39.1 Å². The van der Waals surface area contributed by atoms with E-state index in [1.54, 1.807) is 0 Å². The molecule has 5 nitrogen and oxygen atoms in total. The third-order valence-corrected chi connectivity index (χ3v) is 2.85. The minimum atomic E-state index is -0.886. The predicted molar refractivity (Wildman–Crippen MR) is 48.2 cm³/mol. The molecule has 2 aliphatic rings. The molecule has 0 aliphatic carbocycles. The van der Waals surface area contributed by atoms with Gasteiger partial charge >= 0.3 is 5.97 Å². The summed E-state index contributed by atoms with van der Waals surface area (Å²) in [6, 6.07) is 0. The van der Waals surface area contributed by atoms with Crippen LogP contribution in [0.5, 0.6) is 0 Å². The highest BCUT2D eigenvalue weighted by Gasteiger charge is 2.40. The first kappa shape index (κ1) is 9.89. The minimum Gasteiger partial charge on any atom is -0.479 e. The number of nitrogens with one attached hydrogen (secondary N) is 1. The van der Waals surface area contributed by atoms with Crippen molar-refractivity contribution in [3.8, 4) is 0 Å². The lowest BCUT2D eigenvalue weighted by atomic mass is 9.92. The number of morpholine rings is 1. The number of ether oxygens (including phenoxy) is 2. The lowest BCUT2D eigenvalue weighted by molar-refractivity contribution is -0.185. The van der Waals surface area contributed by atoms with E-state index in [1.165, 1.54) is 0 Å². The molecule has 80 valence electrons. The summed E-state index contributed by atoms with van der Waals surface area (Å²) in [6.45, 7) is 2.46. The molecule has 0 radical (unpaired) electrons. The van der Waals surface area contributed by atoms with Gasteiger partial charge in [-0.3, -0.25) is 0 Å². The molecule has 1 spiro atoms. The van der Waals surface area contributed by atoms with Crippen LogP contribution in [0.4, 0.5) is 0 Å². The van der Waals surface area contributed by atoms with Crippen molar-refractivity contribution < 1.29 is 19.4 Å². The van der Waals surface area contributed by atoms with Gasteiger partial charge in [-0.15, -0.1) is 0 Å². The van der Waals surface area contributed by atoms with Crippen LogP contribution in [0.25, 0.3) is 0 Å². The number of rotatable bonds is 1. The van der Waals surface area contributed by atoms with Gasteiger partial charge in [-0.05, 0) is 0 Å². The van der Waals surface area contributed by atoms with Crippen molar-refractivity contribution in [3.05, 3.63) is 0 Å². The van der Waals surface area contributed by atoms with Crippen molar-refractivity contribution in [2.45, 2.75) is 24.5 Å². The van der Waals surface area contributed by atoms with E-state index in [4.69, 9.17) is 14.6 Å². The van der Waals surface area contributed by atoms with Gasteiger partial charge in [0.05, 0.1) is 5.60 Å². The number of aliphatic carboxylic acids is 1. The van der Waals surface area contributed by atoms with Gasteiger partial charge in [0.1, 0.15) is 0 Å². The van der Waals surface area contributed by atoms with Crippen LogP contribution in [0, 0.1) is 0 Å². The monoisotopic (exact) mass is 201 g/mol. The van der Waals surface area contributed by atoms with Crippen LogP contribution in [-0.4, -0.2) is 49.1 Å². The summed E-state index contributed by atoms with van der Waals surface area (Å²) in [6.07, 6.45) is 0.856. The second kappa shape index (κ2) is 3.84. The number of carboxylic acids is 1. The third-order valence-electron chi connectivity index (χ3n) is 2.85. The van der Waals surface area contributed by atoms with Gasteiger partial charge in [-0.25, -0.2) is 4.79 Å². The molecule has 0 aromatic carbocycles. The summed E-state index contributed by atoms with van der Waals surface area (Å²) >= 11 is 0. The van der Waals surface area contributed by atoms with Crippen molar-refractivity contribution in [3.63, 3.8) is 0 Å². The van der Waals surface area contributed by atoms with Crippen LogP contribution < -0.4 is 5.32 Å². The third kappa shape index (κ3) is 1.89. The van der Waals surface area contributed by atoms with E-state index in [0.29, 0.717) is 19.8 Å².